The van der Waals surface area contributed by atoms with Crippen LogP contribution in [0.25, 0.3) is 0 Å². The van der Waals surface area contributed by atoms with Gasteiger partial charge in [-0.15, -0.1) is 0 Å². The maximum Gasteiger partial charge on any atom is 0.316 e. The highest BCUT2D eigenvalue weighted by Crippen LogP contribution is 2.48. The Morgan fingerprint density at radius 3 is 2.67 bits per heavy atom. The molecule has 0 spiro atoms. The van der Waals surface area contributed by atoms with Gasteiger partial charge in [-0.05, 0) is 31.9 Å². The molecule has 0 N–H and O–H groups in total. The van der Waals surface area contributed by atoms with Crippen LogP contribution >= 0.6 is 11.6 Å². The molecule has 98 valence electrons. The zero-order chi connectivity index (χ0) is 13.2. The van der Waals surface area contributed by atoms with Crippen LogP contribution in [0.3, 0.4) is 0 Å². The minimum atomic E-state index is -0.536. The predicted molar refractivity (Wildman–Crippen MR) is 70.2 cm³/mol. The molecule has 4 heteroatoms. The molecule has 0 bridgehead atoms. The van der Waals surface area contributed by atoms with Crippen LogP contribution in [0.2, 0.25) is 5.02 Å². The van der Waals surface area contributed by atoms with Crippen molar-refractivity contribution in [2.24, 2.45) is 0 Å². The molecule has 1 aromatic carbocycles. The minimum Gasteiger partial charge on any atom is -0.496 e. The van der Waals surface area contributed by atoms with Crippen molar-refractivity contribution in [2.45, 2.75) is 31.6 Å². The number of methoxy groups -OCH3 is 1. The molecule has 0 radical (unpaired) electrons. The molecule has 0 aliphatic heterocycles. The summed E-state index contributed by atoms with van der Waals surface area (Å²) in [5.74, 6) is 0.507. The van der Waals surface area contributed by atoms with E-state index in [2.05, 4.69) is 0 Å². The van der Waals surface area contributed by atoms with E-state index in [0.717, 1.165) is 24.8 Å². The second-order valence-electron chi connectivity index (χ2n) is 4.50. The molecule has 1 aliphatic rings. The van der Waals surface area contributed by atoms with Gasteiger partial charge in [0.2, 0.25) is 0 Å². The van der Waals surface area contributed by atoms with Crippen molar-refractivity contribution >= 4 is 17.6 Å². The standard InChI is InChI=1S/C14H17ClO3/c1-3-18-13(16)14(7-4-8-14)11-6-5-10(15)9-12(11)17-2/h5-6,9H,3-4,7-8H2,1-2H3. The topological polar surface area (TPSA) is 35.5 Å². The summed E-state index contributed by atoms with van der Waals surface area (Å²) in [5, 5.41) is 0.605. The maximum atomic E-state index is 12.2. The van der Waals surface area contributed by atoms with E-state index in [0.29, 0.717) is 17.4 Å². The van der Waals surface area contributed by atoms with Gasteiger partial charge in [0.1, 0.15) is 5.75 Å². The van der Waals surface area contributed by atoms with Crippen molar-refractivity contribution in [1.29, 1.82) is 0 Å². The van der Waals surface area contributed by atoms with E-state index in [1.807, 2.05) is 13.0 Å². The van der Waals surface area contributed by atoms with E-state index >= 15 is 0 Å². The minimum absolute atomic E-state index is 0.156. The fraction of sp³-hybridized carbons (Fsp3) is 0.500. The van der Waals surface area contributed by atoms with E-state index in [1.54, 1.807) is 19.2 Å². The molecule has 0 amide bonds. The van der Waals surface area contributed by atoms with E-state index < -0.39 is 5.41 Å². The highest BCUT2D eigenvalue weighted by molar-refractivity contribution is 6.30. The van der Waals surface area contributed by atoms with Crippen LogP contribution < -0.4 is 4.74 Å². The van der Waals surface area contributed by atoms with Gasteiger partial charge in [0.25, 0.3) is 0 Å². The lowest BCUT2D eigenvalue weighted by atomic mass is 9.64. The molecule has 3 nitrogen and oxygen atoms in total. The molecule has 0 unspecified atom stereocenters. The number of rotatable bonds is 4. The molecule has 0 heterocycles. The summed E-state index contributed by atoms with van der Waals surface area (Å²) >= 11 is 5.95. The van der Waals surface area contributed by atoms with Gasteiger partial charge < -0.3 is 9.47 Å². The fourth-order valence-corrected chi connectivity index (χ4v) is 2.61. The number of carbonyl (C=O) groups excluding carboxylic acids is 1. The number of esters is 1. The Bertz CT molecular complexity index is 452. The van der Waals surface area contributed by atoms with Crippen LogP contribution in [0.5, 0.6) is 5.75 Å². The molecular formula is C14H17ClO3. The van der Waals surface area contributed by atoms with E-state index in [-0.39, 0.29) is 5.97 Å². The number of hydrogen-bond acceptors (Lipinski definition) is 3. The van der Waals surface area contributed by atoms with Crippen molar-refractivity contribution in [3.63, 3.8) is 0 Å². The Hall–Kier alpha value is -1.22. The number of hydrogen-bond donors (Lipinski definition) is 0. The van der Waals surface area contributed by atoms with Crippen LogP contribution in [0.15, 0.2) is 18.2 Å². The summed E-state index contributed by atoms with van der Waals surface area (Å²) in [5.41, 5.74) is 0.352. The van der Waals surface area contributed by atoms with Gasteiger partial charge >= 0.3 is 5.97 Å². The molecule has 2 rings (SSSR count). The Morgan fingerprint density at radius 1 is 1.44 bits per heavy atom. The SMILES string of the molecule is CCOC(=O)C1(c2ccc(Cl)cc2OC)CCC1. The normalized spacial score (nSPS) is 16.8. The van der Waals surface area contributed by atoms with E-state index in [1.165, 1.54) is 0 Å². The smallest absolute Gasteiger partial charge is 0.316 e. The maximum absolute atomic E-state index is 12.2. The highest BCUT2D eigenvalue weighted by atomic mass is 35.5. The monoisotopic (exact) mass is 268 g/mol. The van der Waals surface area contributed by atoms with Gasteiger partial charge in [-0.25, -0.2) is 0 Å². The van der Waals surface area contributed by atoms with Gasteiger partial charge in [0.15, 0.2) is 0 Å². The third-order valence-corrected chi connectivity index (χ3v) is 3.79. The van der Waals surface area contributed by atoms with Gasteiger partial charge in [-0.2, -0.15) is 0 Å². The third-order valence-electron chi connectivity index (χ3n) is 3.55. The third kappa shape index (κ3) is 2.07. The molecular weight excluding hydrogens is 252 g/mol. The highest BCUT2D eigenvalue weighted by Gasteiger charge is 2.48. The van der Waals surface area contributed by atoms with Gasteiger partial charge in [0, 0.05) is 10.6 Å². The van der Waals surface area contributed by atoms with Gasteiger partial charge in [0.05, 0.1) is 19.1 Å². The van der Waals surface area contributed by atoms with Crippen molar-refractivity contribution < 1.29 is 14.3 Å². The summed E-state index contributed by atoms with van der Waals surface area (Å²) in [6, 6.07) is 5.41. The first-order valence-electron chi connectivity index (χ1n) is 6.15. The fourth-order valence-electron chi connectivity index (χ4n) is 2.44. The summed E-state index contributed by atoms with van der Waals surface area (Å²) < 4.78 is 10.5. The molecule has 0 aromatic heterocycles. The van der Waals surface area contributed by atoms with E-state index in [4.69, 9.17) is 21.1 Å². The average molecular weight is 269 g/mol. The van der Waals surface area contributed by atoms with Crippen molar-refractivity contribution in [3.05, 3.63) is 28.8 Å². The Morgan fingerprint density at radius 2 is 2.17 bits per heavy atom. The summed E-state index contributed by atoms with van der Waals surface area (Å²) in [6.45, 7) is 2.22. The quantitative estimate of drug-likeness (QED) is 0.786. The first kappa shape index (κ1) is 13.2. The summed E-state index contributed by atoms with van der Waals surface area (Å²) in [7, 11) is 1.59. The predicted octanol–water partition coefficient (Wildman–Crippen LogP) is 3.33. The van der Waals surface area contributed by atoms with Crippen LogP contribution in [0.1, 0.15) is 31.7 Å². The average Bonchev–Trinajstić information content (AvgIpc) is 2.29. The van der Waals surface area contributed by atoms with Crippen LogP contribution in [-0.4, -0.2) is 19.7 Å². The first-order chi connectivity index (χ1) is 8.64. The summed E-state index contributed by atoms with van der Waals surface area (Å²) in [6.07, 6.45) is 2.65. The Labute approximate surface area is 112 Å². The number of benzene rings is 1. The molecule has 1 aliphatic carbocycles. The van der Waals surface area contributed by atoms with Crippen LogP contribution in [0, 0.1) is 0 Å². The van der Waals surface area contributed by atoms with E-state index in [9.17, 15) is 4.79 Å². The molecule has 0 saturated heterocycles. The second-order valence-corrected chi connectivity index (χ2v) is 4.94. The van der Waals surface area contributed by atoms with Crippen molar-refractivity contribution in [2.75, 3.05) is 13.7 Å². The first-order valence-corrected chi connectivity index (χ1v) is 6.53. The lowest BCUT2D eigenvalue weighted by Crippen LogP contribution is -2.43. The number of carbonyl (C=O) groups is 1. The van der Waals surface area contributed by atoms with Crippen molar-refractivity contribution in [1.82, 2.24) is 0 Å². The number of halogens is 1. The Balaban J connectivity index is 2.41. The van der Waals surface area contributed by atoms with Gasteiger partial charge in [-0.3, -0.25) is 4.79 Å². The second kappa shape index (κ2) is 5.19. The van der Waals surface area contributed by atoms with Gasteiger partial charge in [-0.1, -0.05) is 24.1 Å². The van der Waals surface area contributed by atoms with Crippen LogP contribution in [-0.2, 0) is 14.9 Å². The Kier molecular flexibility index (Phi) is 3.81. The molecule has 18 heavy (non-hydrogen) atoms. The molecule has 0 atom stereocenters. The zero-order valence-electron chi connectivity index (χ0n) is 10.7. The largest absolute Gasteiger partial charge is 0.496 e. The molecule has 1 fully saturated rings. The lowest BCUT2D eigenvalue weighted by molar-refractivity contribution is -0.154. The number of ether oxygens (including phenoxy) is 2. The van der Waals surface area contributed by atoms with Crippen molar-refractivity contribution in [3.8, 4) is 5.75 Å². The zero-order valence-corrected chi connectivity index (χ0v) is 11.4. The summed E-state index contributed by atoms with van der Waals surface area (Å²) in [4.78, 5) is 12.2. The molecule has 1 saturated carbocycles. The lowest BCUT2D eigenvalue weighted by Gasteiger charge is -2.40. The molecule has 1 aromatic rings. The van der Waals surface area contributed by atoms with Crippen LogP contribution in [0.4, 0.5) is 0 Å².